The summed E-state index contributed by atoms with van der Waals surface area (Å²) in [6.45, 7) is 0.685. The van der Waals surface area contributed by atoms with Crippen LogP contribution in [0.25, 0.3) is 0 Å². The van der Waals surface area contributed by atoms with E-state index in [4.69, 9.17) is 26.8 Å². The quantitative estimate of drug-likeness (QED) is 0.0990. The van der Waals surface area contributed by atoms with Gasteiger partial charge < -0.3 is 25.4 Å². The van der Waals surface area contributed by atoms with Gasteiger partial charge in [0.2, 0.25) is 5.91 Å². The number of hydrogen-bond acceptors (Lipinski definition) is 9. The molecule has 6 N–H and O–H groups in total. The van der Waals surface area contributed by atoms with E-state index in [1.807, 2.05) is 12.2 Å². The van der Waals surface area contributed by atoms with Crippen molar-refractivity contribution < 1.29 is 40.1 Å². The fourth-order valence-electron chi connectivity index (χ4n) is 4.20. The van der Waals surface area contributed by atoms with Gasteiger partial charge in [-0.3, -0.25) is 20.0 Å². The molecule has 1 aromatic carbocycles. The molecule has 1 fully saturated rings. The lowest BCUT2D eigenvalue weighted by Crippen LogP contribution is -2.24. The number of unbranched alkanes of at least 4 members (excludes halogenated alkanes) is 2. The van der Waals surface area contributed by atoms with Crippen LogP contribution in [-0.4, -0.2) is 75.1 Å². The van der Waals surface area contributed by atoms with Gasteiger partial charge in [-0.25, -0.2) is 0 Å². The number of benzene rings is 1. The van der Waals surface area contributed by atoms with Crippen molar-refractivity contribution in [2.45, 2.75) is 63.3 Å². The zero-order valence-corrected chi connectivity index (χ0v) is 21.6. The second-order valence-electron chi connectivity index (χ2n) is 9.07. The molecule has 1 aliphatic rings. The largest absolute Gasteiger partial charge is 0.491 e. The van der Waals surface area contributed by atoms with E-state index in [2.05, 4.69) is 10.2 Å². The lowest BCUT2D eigenvalue weighted by Gasteiger charge is -2.19. The summed E-state index contributed by atoms with van der Waals surface area (Å²) < 4.78 is 5.54. The smallest absolute Gasteiger partial charge is 0.220 e. The highest BCUT2D eigenvalue weighted by molar-refractivity contribution is 6.30. The van der Waals surface area contributed by atoms with Gasteiger partial charge in [0.15, 0.2) is 0 Å². The molecule has 1 saturated carbocycles. The van der Waals surface area contributed by atoms with Crippen LogP contribution in [0.5, 0.6) is 5.75 Å². The number of nitrogens with one attached hydrogen (secondary N) is 1. The van der Waals surface area contributed by atoms with Crippen LogP contribution in [0.1, 0.15) is 44.9 Å². The molecule has 0 aromatic heterocycles. The van der Waals surface area contributed by atoms with Gasteiger partial charge in [0.05, 0.1) is 24.2 Å². The summed E-state index contributed by atoms with van der Waals surface area (Å²) in [6, 6.07) is 6.90. The maximum Gasteiger partial charge on any atom is 0.220 e. The Labute approximate surface area is 222 Å². The van der Waals surface area contributed by atoms with Crippen molar-refractivity contribution in [3.63, 3.8) is 0 Å². The van der Waals surface area contributed by atoms with E-state index in [0.29, 0.717) is 49.4 Å². The first-order valence-electron chi connectivity index (χ1n) is 12.6. The van der Waals surface area contributed by atoms with E-state index < -0.39 is 18.3 Å². The molecule has 2 rings (SSSR count). The van der Waals surface area contributed by atoms with E-state index in [0.717, 1.165) is 6.42 Å². The number of ether oxygens (including phenoxy) is 1. The van der Waals surface area contributed by atoms with Crippen molar-refractivity contribution in [3.05, 3.63) is 53.6 Å². The first-order chi connectivity index (χ1) is 17.8. The second-order valence-corrected chi connectivity index (χ2v) is 9.51. The van der Waals surface area contributed by atoms with E-state index in [-0.39, 0.29) is 42.8 Å². The van der Waals surface area contributed by atoms with Gasteiger partial charge in [0.1, 0.15) is 18.5 Å². The third kappa shape index (κ3) is 12.9. The lowest BCUT2D eigenvalue weighted by atomic mass is 9.89. The van der Waals surface area contributed by atoms with Crippen LogP contribution in [0.3, 0.4) is 0 Å². The fraction of sp³-hybridized carbons (Fsp3) is 0.577. The molecule has 208 valence electrons. The molecular weight excluding hydrogens is 504 g/mol. The summed E-state index contributed by atoms with van der Waals surface area (Å²) in [5.74, 6) is 0.0629. The highest BCUT2D eigenvalue weighted by atomic mass is 35.5. The molecule has 0 radical (unpaired) electrons. The molecule has 0 heterocycles. The number of aliphatic hydroxyl groups excluding tert-OH is 3. The van der Waals surface area contributed by atoms with Crippen molar-refractivity contribution in [1.82, 2.24) is 10.7 Å². The Hall–Kier alpha value is -2.02. The Morgan fingerprint density at radius 3 is 2.76 bits per heavy atom. The zero-order valence-electron chi connectivity index (χ0n) is 20.9. The number of hydrogen-bond donors (Lipinski definition) is 6. The topological polar surface area (TPSA) is 152 Å². The highest BCUT2D eigenvalue weighted by Crippen LogP contribution is 2.36. The standard InChI is InChI=1S/C26H39ClN2O8/c27-19-8-7-9-21(16-19)36-18-20(30)12-13-23-22(24(31)17-25(23)32)10-3-1-2-4-11-26(33)28-14-5-6-15-37-29(34)35/h1,3,7-9,12-13,16,20,22-25,30-32,34-35H,2,4-6,10-11,14-15,17-18H2,(H,28,33)/b3-1-,13-12+/t20-,22-,23-,24+,25-/m1/s1. The molecule has 11 heteroatoms. The number of carbonyl (C=O) groups excluding carboxylic acids is 1. The predicted molar refractivity (Wildman–Crippen MR) is 137 cm³/mol. The van der Waals surface area contributed by atoms with E-state index in [9.17, 15) is 20.1 Å². The minimum absolute atomic E-state index is 0.0426. The average Bonchev–Trinajstić information content (AvgIpc) is 3.12. The maximum absolute atomic E-state index is 11.9. The van der Waals surface area contributed by atoms with Gasteiger partial charge in [-0.05, 0) is 56.2 Å². The Kier molecular flexibility index (Phi) is 14.7. The summed E-state index contributed by atoms with van der Waals surface area (Å²) in [4.78, 5) is 16.3. The summed E-state index contributed by atoms with van der Waals surface area (Å²) in [6.07, 6.45) is 9.00. The summed E-state index contributed by atoms with van der Waals surface area (Å²) in [5.41, 5.74) is 0. The molecule has 0 unspecified atom stereocenters. The molecule has 0 spiro atoms. The van der Waals surface area contributed by atoms with Gasteiger partial charge in [-0.15, -0.1) is 0 Å². The van der Waals surface area contributed by atoms with Crippen LogP contribution < -0.4 is 10.1 Å². The summed E-state index contributed by atoms with van der Waals surface area (Å²) in [5, 5.41) is 50.9. The van der Waals surface area contributed by atoms with Crippen molar-refractivity contribution in [1.29, 1.82) is 0 Å². The molecule has 37 heavy (non-hydrogen) atoms. The Morgan fingerprint density at radius 1 is 1.19 bits per heavy atom. The van der Waals surface area contributed by atoms with E-state index in [1.165, 1.54) is 0 Å². The predicted octanol–water partition coefficient (Wildman–Crippen LogP) is 3.02. The Morgan fingerprint density at radius 2 is 2.00 bits per heavy atom. The lowest BCUT2D eigenvalue weighted by molar-refractivity contribution is -0.492. The van der Waals surface area contributed by atoms with Crippen LogP contribution in [0.4, 0.5) is 0 Å². The Bertz CT molecular complexity index is 854. The van der Waals surface area contributed by atoms with Gasteiger partial charge in [-0.1, -0.05) is 42.0 Å². The monoisotopic (exact) mass is 542 g/mol. The molecule has 0 saturated heterocycles. The average molecular weight is 543 g/mol. The van der Waals surface area contributed by atoms with Gasteiger partial charge >= 0.3 is 0 Å². The number of halogens is 1. The van der Waals surface area contributed by atoms with E-state index >= 15 is 0 Å². The molecule has 0 aliphatic heterocycles. The van der Waals surface area contributed by atoms with Crippen molar-refractivity contribution in [2.75, 3.05) is 19.8 Å². The van der Waals surface area contributed by atoms with Crippen molar-refractivity contribution in [3.8, 4) is 5.75 Å². The number of allylic oxidation sites excluding steroid dienone is 2. The zero-order chi connectivity index (χ0) is 27.0. The Balaban J connectivity index is 1.65. The first kappa shape index (κ1) is 31.2. The number of nitrogens with zero attached hydrogens (tertiary/aromatic N) is 1. The van der Waals surface area contributed by atoms with Gasteiger partial charge in [-0.2, -0.15) is 0 Å². The molecule has 1 aliphatic carbocycles. The maximum atomic E-state index is 11.9. The molecule has 1 amide bonds. The number of carbonyl (C=O) groups is 1. The van der Waals surface area contributed by atoms with E-state index in [1.54, 1.807) is 36.4 Å². The van der Waals surface area contributed by atoms with Crippen LogP contribution in [0, 0.1) is 11.8 Å². The number of aliphatic hydroxyl groups is 3. The van der Waals surface area contributed by atoms with Crippen LogP contribution >= 0.6 is 11.6 Å². The highest BCUT2D eigenvalue weighted by Gasteiger charge is 2.39. The molecule has 5 atom stereocenters. The summed E-state index contributed by atoms with van der Waals surface area (Å²) >= 11 is 5.93. The minimum atomic E-state index is -0.869. The minimum Gasteiger partial charge on any atom is -0.491 e. The van der Waals surface area contributed by atoms with Crippen molar-refractivity contribution in [2.24, 2.45) is 11.8 Å². The third-order valence-electron chi connectivity index (χ3n) is 6.14. The molecule has 10 nitrogen and oxygen atoms in total. The number of amides is 1. The van der Waals surface area contributed by atoms with Crippen molar-refractivity contribution >= 4 is 17.5 Å². The SMILES string of the molecule is O=C(CCC/C=C\C[C@@H]1[C@@H](/C=C/[C@@H](O)COc2cccc(Cl)c2)[C@H](O)C[C@@H]1O)NCCCCON(O)O. The van der Waals surface area contributed by atoms with Gasteiger partial charge in [0, 0.05) is 30.3 Å². The molecular formula is C26H39ClN2O8. The van der Waals surface area contributed by atoms with Crippen LogP contribution in [-0.2, 0) is 9.63 Å². The normalized spacial score (nSPS) is 22.8. The molecule has 0 bridgehead atoms. The third-order valence-corrected chi connectivity index (χ3v) is 6.37. The molecule has 1 aromatic rings. The fourth-order valence-corrected chi connectivity index (χ4v) is 4.38. The summed E-state index contributed by atoms with van der Waals surface area (Å²) in [7, 11) is 0. The van der Waals surface area contributed by atoms with Crippen LogP contribution in [0.2, 0.25) is 5.02 Å². The second kappa shape index (κ2) is 17.5. The van der Waals surface area contributed by atoms with Crippen LogP contribution in [0.15, 0.2) is 48.6 Å². The number of rotatable bonds is 17. The van der Waals surface area contributed by atoms with Gasteiger partial charge in [0.25, 0.3) is 0 Å². The first-order valence-corrected chi connectivity index (χ1v) is 13.0.